The van der Waals surface area contributed by atoms with Crippen molar-refractivity contribution in [2.75, 3.05) is 11.9 Å². The van der Waals surface area contributed by atoms with Crippen molar-refractivity contribution >= 4 is 17.2 Å². The summed E-state index contributed by atoms with van der Waals surface area (Å²) in [5.74, 6) is 0.344. The second-order valence-electron chi connectivity index (χ2n) is 5.22. The number of nitrogens with one attached hydrogen (secondary N) is 1. The van der Waals surface area contributed by atoms with E-state index in [1.54, 1.807) is 16.6 Å². The van der Waals surface area contributed by atoms with Crippen molar-refractivity contribution in [2.24, 2.45) is 0 Å². The third kappa shape index (κ3) is 3.01. The summed E-state index contributed by atoms with van der Waals surface area (Å²) >= 11 is 0. The summed E-state index contributed by atoms with van der Waals surface area (Å²) in [7, 11) is 0. The van der Waals surface area contributed by atoms with Crippen LogP contribution in [0.25, 0.3) is 5.65 Å². The van der Waals surface area contributed by atoms with Crippen LogP contribution in [-0.4, -0.2) is 27.1 Å². The number of carbonyl (C=O) groups is 1. The van der Waals surface area contributed by atoms with Gasteiger partial charge in [-0.25, -0.2) is 9.50 Å². The molecular weight excluding hydrogens is 292 g/mol. The highest BCUT2D eigenvalue weighted by molar-refractivity contribution is 6.04. The summed E-state index contributed by atoms with van der Waals surface area (Å²) in [6.07, 6.45) is 0. The molecule has 1 amide bonds. The lowest BCUT2D eigenvalue weighted by Gasteiger charge is -2.10. The van der Waals surface area contributed by atoms with Crippen LogP contribution in [0.1, 0.15) is 28.8 Å². The van der Waals surface area contributed by atoms with Crippen LogP contribution < -0.4 is 10.1 Å². The van der Waals surface area contributed by atoms with Crippen molar-refractivity contribution in [1.29, 1.82) is 0 Å². The maximum atomic E-state index is 12.5. The zero-order chi connectivity index (χ0) is 16.4. The van der Waals surface area contributed by atoms with Gasteiger partial charge in [0, 0.05) is 17.5 Å². The Bertz CT molecular complexity index is 870. The molecule has 2 heterocycles. The number of fused-ring (bicyclic) bond motifs is 1. The van der Waals surface area contributed by atoms with Crippen LogP contribution in [-0.2, 0) is 0 Å². The molecule has 118 valence electrons. The molecular formula is C17H18N4O2. The summed E-state index contributed by atoms with van der Waals surface area (Å²) < 4.78 is 7.18. The first-order valence-corrected chi connectivity index (χ1v) is 7.45. The Morgan fingerprint density at radius 1 is 1.26 bits per heavy atom. The van der Waals surface area contributed by atoms with Gasteiger partial charge in [-0.2, -0.15) is 5.10 Å². The molecule has 0 bridgehead atoms. The van der Waals surface area contributed by atoms with Gasteiger partial charge in [0.2, 0.25) is 0 Å². The number of nitrogens with zero attached hydrogens (tertiary/aromatic N) is 3. The molecule has 1 aromatic carbocycles. The van der Waals surface area contributed by atoms with Crippen molar-refractivity contribution in [3.63, 3.8) is 0 Å². The molecule has 0 atom stereocenters. The zero-order valence-electron chi connectivity index (χ0n) is 13.3. The number of benzene rings is 1. The Kier molecular flexibility index (Phi) is 3.97. The average Bonchev–Trinajstić information content (AvgIpc) is 2.94. The Labute approximate surface area is 134 Å². The number of hydrogen-bond donors (Lipinski definition) is 1. The normalized spacial score (nSPS) is 10.7. The fourth-order valence-electron chi connectivity index (χ4n) is 2.44. The third-order valence-electron chi connectivity index (χ3n) is 3.40. The van der Waals surface area contributed by atoms with Gasteiger partial charge in [-0.3, -0.25) is 4.79 Å². The molecule has 3 aromatic rings. The van der Waals surface area contributed by atoms with Gasteiger partial charge in [0.15, 0.2) is 11.3 Å². The van der Waals surface area contributed by atoms with Crippen molar-refractivity contribution in [1.82, 2.24) is 14.6 Å². The van der Waals surface area contributed by atoms with E-state index in [1.807, 2.05) is 45.0 Å². The van der Waals surface area contributed by atoms with Crippen LogP contribution in [0.4, 0.5) is 5.69 Å². The first-order valence-electron chi connectivity index (χ1n) is 7.45. The van der Waals surface area contributed by atoms with Crippen molar-refractivity contribution in [3.8, 4) is 5.75 Å². The van der Waals surface area contributed by atoms with E-state index in [-0.39, 0.29) is 5.91 Å². The summed E-state index contributed by atoms with van der Waals surface area (Å²) in [5.41, 5.74) is 3.42. The lowest BCUT2D eigenvalue weighted by molar-refractivity contribution is 0.102. The molecule has 0 unspecified atom stereocenters. The fraction of sp³-hybridized carbons (Fsp3) is 0.235. The smallest absolute Gasteiger partial charge is 0.276 e. The number of amides is 1. The fourth-order valence-corrected chi connectivity index (χ4v) is 2.44. The minimum atomic E-state index is -0.292. The molecule has 0 aliphatic rings. The maximum absolute atomic E-state index is 12.5. The number of anilines is 1. The molecule has 6 heteroatoms. The highest BCUT2D eigenvalue weighted by Crippen LogP contribution is 2.24. The highest BCUT2D eigenvalue weighted by Gasteiger charge is 2.15. The summed E-state index contributed by atoms with van der Waals surface area (Å²) in [6.45, 7) is 6.28. The lowest BCUT2D eigenvalue weighted by Crippen LogP contribution is -2.13. The Morgan fingerprint density at radius 2 is 2.04 bits per heavy atom. The SMILES string of the molecule is CCOc1ccccc1NC(=O)c1cc2nc(C)cc(C)n2n1. The molecule has 0 fully saturated rings. The van der Waals surface area contributed by atoms with Crippen LogP contribution >= 0.6 is 0 Å². The van der Waals surface area contributed by atoms with Gasteiger partial charge in [-0.15, -0.1) is 0 Å². The van der Waals surface area contributed by atoms with Crippen LogP contribution in [0.15, 0.2) is 36.4 Å². The van der Waals surface area contributed by atoms with Crippen LogP contribution in [0.2, 0.25) is 0 Å². The summed E-state index contributed by atoms with van der Waals surface area (Å²) in [6, 6.07) is 10.9. The maximum Gasteiger partial charge on any atom is 0.276 e. The quantitative estimate of drug-likeness (QED) is 0.804. The third-order valence-corrected chi connectivity index (χ3v) is 3.40. The Morgan fingerprint density at radius 3 is 2.83 bits per heavy atom. The van der Waals surface area contributed by atoms with Gasteiger partial charge in [0.1, 0.15) is 5.75 Å². The number of aromatic nitrogens is 3. The number of carbonyl (C=O) groups excluding carboxylic acids is 1. The van der Waals surface area contributed by atoms with Gasteiger partial charge in [-0.05, 0) is 39.0 Å². The second kappa shape index (κ2) is 6.08. The molecule has 1 N–H and O–H groups in total. The molecule has 0 aliphatic heterocycles. The van der Waals surface area contributed by atoms with Gasteiger partial charge >= 0.3 is 0 Å². The average molecular weight is 310 g/mol. The molecule has 2 aromatic heterocycles. The standard InChI is InChI=1S/C17H18N4O2/c1-4-23-15-8-6-5-7-13(15)19-17(22)14-10-16-18-11(2)9-12(3)21(16)20-14/h5-10H,4H2,1-3H3,(H,19,22). The minimum Gasteiger partial charge on any atom is -0.492 e. The summed E-state index contributed by atoms with van der Waals surface area (Å²) in [5, 5.41) is 7.17. The molecule has 0 saturated carbocycles. The first kappa shape index (κ1) is 15.0. The topological polar surface area (TPSA) is 68.5 Å². The molecule has 23 heavy (non-hydrogen) atoms. The van der Waals surface area contributed by atoms with Crippen LogP contribution in [0, 0.1) is 13.8 Å². The first-order chi connectivity index (χ1) is 11.1. The van der Waals surface area contributed by atoms with E-state index < -0.39 is 0 Å². The Hall–Kier alpha value is -2.89. The lowest BCUT2D eigenvalue weighted by atomic mass is 10.2. The van der Waals surface area contributed by atoms with E-state index in [4.69, 9.17) is 4.74 Å². The van der Waals surface area contributed by atoms with Crippen molar-refractivity contribution in [2.45, 2.75) is 20.8 Å². The van der Waals surface area contributed by atoms with Gasteiger partial charge in [0.05, 0.1) is 12.3 Å². The van der Waals surface area contributed by atoms with Crippen LogP contribution in [0.5, 0.6) is 5.75 Å². The minimum absolute atomic E-state index is 0.292. The predicted molar refractivity (Wildman–Crippen MR) is 88.0 cm³/mol. The predicted octanol–water partition coefficient (Wildman–Crippen LogP) is 3.00. The molecule has 0 aliphatic carbocycles. The van der Waals surface area contributed by atoms with Gasteiger partial charge in [-0.1, -0.05) is 12.1 Å². The van der Waals surface area contributed by atoms with E-state index in [9.17, 15) is 4.79 Å². The molecule has 6 nitrogen and oxygen atoms in total. The van der Waals surface area contributed by atoms with Gasteiger partial charge in [0.25, 0.3) is 5.91 Å². The highest BCUT2D eigenvalue weighted by atomic mass is 16.5. The van der Waals surface area contributed by atoms with E-state index in [0.29, 0.717) is 29.4 Å². The van der Waals surface area contributed by atoms with Crippen LogP contribution in [0.3, 0.4) is 0 Å². The van der Waals surface area contributed by atoms with Gasteiger partial charge < -0.3 is 10.1 Å². The van der Waals surface area contributed by atoms with E-state index in [1.165, 1.54) is 0 Å². The monoisotopic (exact) mass is 310 g/mol. The molecule has 0 radical (unpaired) electrons. The van der Waals surface area contributed by atoms with E-state index >= 15 is 0 Å². The molecule has 0 spiro atoms. The number of hydrogen-bond acceptors (Lipinski definition) is 4. The number of rotatable bonds is 4. The number of ether oxygens (including phenoxy) is 1. The van der Waals surface area contributed by atoms with E-state index in [0.717, 1.165) is 11.4 Å². The molecule has 0 saturated heterocycles. The number of para-hydroxylation sites is 2. The van der Waals surface area contributed by atoms with Crippen molar-refractivity contribution in [3.05, 3.63) is 53.5 Å². The largest absolute Gasteiger partial charge is 0.492 e. The van der Waals surface area contributed by atoms with E-state index in [2.05, 4.69) is 15.4 Å². The zero-order valence-corrected chi connectivity index (χ0v) is 13.3. The second-order valence-corrected chi connectivity index (χ2v) is 5.22. The number of aryl methyl sites for hydroxylation is 2. The molecule has 3 rings (SSSR count). The van der Waals surface area contributed by atoms with Crippen molar-refractivity contribution < 1.29 is 9.53 Å². The Balaban J connectivity index is 1.91. The summed E-state index contributed by atoms with van der Waals surface area (Å²) in [4.78, 5) is 16.9.